The molecule has 8 nitrogen and oxygen atoms in total. The van der Waals surface area contributed by atoms with Gasteiger partial charge in [-0.3, -0.25) is 0 Å². The van der Waals surface area contributed by atoms with Crippen LogP contribution in [0.15, 0.2) is 160 Å². The van der Waals surface area contributed by atoms with Gasteiger partial charge in [0.25, 0.3) is 0 Å². The Labute approximate surface area is 403 Å². The van der Waals surface area contributed by atoms with Gasteiger partial charge in [-0.15, -0.1) is 26.3 Å². The fourth-order valence-corrected chi connectivity index (χ4v) is 7.53. The summed E-state index contributed by atoms with van der Waals surface area (Å²) < 4.78 is 22.4. The van der Waals surface area contributed by atoms with Crippen molar-refractivity contribution in [3.8, 4) is 44.5 Å². The van der Waals surface area contributed by atoms with Gasteiger partial charge in [0.2, 0.25) is 0 Å². The smallest absolute Gasteiger partial charge is 0.338 e. The van der Waals surface area contributed by atoms with Crippen molar-refractivity contribution in [2.45, 2.75) is 89.9 Å². The predicted molar refractivity (Wildman–Crippen MR) is 275 cm³/mol. The Morgan fingerprint density at radius 1 is 0.294 bits per heavy atom. The Morgan fingerprint density at radius 3 is 0.750 bits per heavy atom. The van der Waals surface area contributed by atoms with Crippen LogP contribution in [0, 0.1) is 0 Å². The number of hydrogen-bond donors (Lipinski definition) is 0. The lowest BCUT2D eigenvalue weighted by atomic mass is 9.95. The quantitative estimate of drug-likeness (QED) is 0.0194. The standard InChI is InChI=1S/C60H66O8/c1-5-9-13-17-18-22-38-68-60(64)56-42-52(41-55(44-56)59(63)67-37-21-16-12-8-4)50-33-29-48(30-34-50)46-25-23-45(24-26-46)47-27-31-49(32-28-47)51-39-53(57(61)65-35-19-14-10-6-2)43-54(40-51)58(62)66-36-20-15-11-7-3/h5-8,23-34,39-44H,1-4,9-22,35-38H2. The van der Waals surface area contributed by atoms with Gasteiger partial charge in [0.05, 0.1) is 48.7 Å². The molecule has 0 amide bonds. The maximum absolute atomic E-state index is 13.3. The molecule has 0 N–H and O–H groups in total. The van der Waals surface area contributed by atoms with Gasteiger partial charge in [0.15, 0.2) is 0 Å². The normalized spacial score (nSPS) is 10.7. The highest BCUT2D eigenvalue weighted by Gasteiger charge is 2.18. The third-order valence-corrected chi connectivity index (χ3v) is 11.4. The number of unbranched alkanes of at least 4 members (excludes halogenated alkanes) is 10. The van der Waals surface area contributed by atoms with Gasteiger partial charge >= 0.3 is 23.9 Å². The molecule has 0 bridgehead atoms. The number of carbonyl (C=O) groups excluding carboxylic acids is 4. The summed E-state index contributed by atoms with van der Waals surface area (Å²) >= 11 is 0. The second kappa shape index (κ2) is 28.9. The molecule has 0 aliphatic carbocycles. The van der Waals surface area contributed by atoms with E-state index in [4.69, 9.17) is 18.9 Å². The highest BCUT2D eigenvalue weighted by Crippen LogP contribution is 2.31. The van der Waals surface area contributed by atoms with Gasteiger partial charge in [-0.25, -0.2) is 19.2 Å². The van der Waals surface area contributed by atoms with Crippen LogP contribution in [-0.4, -0.2) is 50.3 Å². The molecule has 0 saturated carbocycles. The van der Waals surface area contributed by atoms with Crippen LogP contribution in [0.5, 0.6) is 0 Å². The Hall–Kier alpha value is -7.06. The molecule has 0 saturated heterocycles. The summed E-state index contributed by atoms with van der Waals surface area (Å²) in [6, 6.07) is 34.4. The summed E-state index contributed by atoms with van der Waals surface area (Å²) in [4.78, 5) is 52.8. The number of carbonyl (C=O) groups is 4. The highest BCUT2D eigenvalue weighted by molar-refractivity contribution is 5.99. The average Bonchev–Trinajstić information content (AvgIpc) is 3.37. The van der Waals surface area contributed by atoms with Crippen molar-refractivity contribution in [1.82, 2.24) is 0 Å². The number of allylic oxidation sites excluding steroid dienone is 4. The Morgan fingerprint density at radius 2 is 0.500 bits per heavy atom. The van der Waals surface area contributed by atoms with Crippen LogP contribution in [0.3, 0.4) is 0 Å². The molecular formula is C60H66O8. The maximum Gasteiger partial charge on any atom is 0.338 e. The van der Waals surface area contributed by atoms with Crippen LogP contribution in [0.4, 0.5) is 0 Å². The fraction of sp³-hybridized carbons (Fsp3) is 0.300. The van der Waals surface area contributed by atoms with Crippen LogP contribution < -0.4 is 0 Å². The third-order valence-electron chi connectivity index (χ3n) is 11.4. The predicted octanol–water partition coefficient (Wildman–Crippen LogP) is 15.2. The summed E-state index contributed by atoms with van der Waals surface area (Å²) in [5, 5.41) is 0. The molecule has 5 rings (SSSR count). The minimum absolute atomic E-state index is 0.280. The summed E-state index contributed by atoms with van der Waals surface area (Å²) in [6.45, 7) is 16.2. The lowest BCUT2D eigenvalue weighted by Gasteiger charge is -2.12. The summed E-state index contributed by atoms with van der Waals surface area (Å²) in [5.74, 6) is -1.93. The van der Waals surface area contributed by atoms with Crippen molar-refractivity contribution >= 4 is 23.9 Å². The Bertz CT molecular complexity index is 2400. The van der Waals surface area contributed by atoms with E-state index in [1.807, 2.05) is 72.8 Å². The van der Waals surface area contributed by atoms with Gasteiger partial charge in [-0.2, -0.15) is 0 Å². The van der Waals surface area contributed by atoms with Crippen molar-refractivity contribution in [2.24, 2.45) is 0 Å². The molecule has 0 spiro atoms. The molecule has 0 fully saturated rings. The molecule has 68 heavy (non-hydrogen) atoms. The first-order chi connectivity index (χ1) is 33.2. The second-order valence-electron chi connectivity index (χ2n) is 16.7. The van der Waals surface area contributed by atoms with Crippen LogP contribution in [0.25, 0.3) is 44.5 Å². The molecule has 8 heteroatoms. The summed E-state index contributed by atoms with van der Waals surface area (Å²) in [5.41, 5.74) is 8.30. The third kappa shape index (κ3) is 16.7. The maximum atomic E-state index is 13.3. The molecule has 354 valence electrons. The van der Waals surface area contributed by atoms with Gasteiger partial charge in [0, 0.05) is 0 Å². The van der Waals surface area contributed by atoms with Crippen molar-refractivity contribution in [3.63, 3.8) is 0 Å². The van der Waals surface area contributed by atoms with E-state index in [1.165, 1.54) is 0 Å². The SMILES string of the molecule is C=CCCCCCCOC(=O)c1cc(C(=O)OCCCCC=C)cc(-c2ccc(-c3ccc(-c4ccc(-c5cc(C(=O)OCCCCC=C)cc(C(=O)OCCCCC=C)c5)cc4)cc3)cc2)c1. The van der Waals surface area contributed by atoms with E-state index >= 15 is 0 Å². The van der Waals surface area contributed by atoms with Gasteiger partial charge < -0.3 is 18.9 Å². The van der Waals surface area contributed by atoms with Crippen LogP contribution in [-0.2, 0) is 18.9 Å². The van der Waals surface area contributed by atoms with Gasteiger partial charge in [-0.05, 0) is 158 Å². The zero-order valence-corrected chi connectivity index (χ0v) is 39.5. The minimum atomic E-state index is -0.489. The first kappa shape index (κ1) is 51.9. The molecule has 5 aromatic carbocycles. The molecule has 0 atom stereocenters. The van der Waals surface area contributed by atoms with Crippen molar-refractivity contribution in [1.29, 1.82) is 0 Å². The minimum Gasteiger partial charge on any atom is -0.462 e. The number of hydrogen-bond acceptors (Lipinski definition) is 8. The Balaban J connectivity index is 1.30. The zero-order chi connectivity index (χ0) is 48.4. The van der Waals surface area contributed by atoms with Crippen LogP contribution in [0.1, 0.15) is 131 Å². The summed E-state index contributed by atoms with van der Waals surface area (Å²) in [7, 11) is 0. The van der Waals surface area contributed by atoms with Crippen molar-refractivity contribution < 1.29 is 38.1 Å². The molecule has 0 aliphatic rings. The summed E-state index contributed by atoms with van der Waals surface area (Å²) in [6.07, 6.45) is 19.6. The molecule has 0 unspecified atom stereocenters. The number of benzene rings is 5. The first-order valence-corrected chi connectivity index (χ1v) is 24.0. The molecule has 0 heterocycles. The van der Waals surface area contributed by atoms with E-state index in [-0.39, 0.29) is 30.9 Å². The molecule has 0 radical (unpaired) electrons. The van der Waals surface area contributed by atoms with Crippen molar-refractivity contribution in [2.75, 3.05) is 26.4 Å². The highest BCUT2D eigenvalue weighted by atomic mass is 16.5. The van der Waals surface area contributed by atoms with Crippen LogP contribution in [0.2, 0.25) is 0 Å². The monoisotopic (exact) mass is 914 g/mol. The molecule has 0 aliphatic heterocycles. The largest absolute Gasteiger partial charge is 0.462 e. The zero-order valence-electron chi connectivity index (χ0n) is 39.5. The van der Waals surface area contributed by atoms with E-state index in [0.29, 0.717) is 28.9 Å². The lowest BCUT2D eigenvalue weighted by Crippen LogP contribution is -2.11. The van der Waals surface area contributed by atoms with Crippen molar-refractivity contribution in [3.05, 3.63) is 182 Å². The first-order valence-electron chi connectivity index (χ1n) is 24.0. The number of esters is 4. The lowest BCUT2D eigenvalue weighted by molar-refractivity contribution is 0.0478. The molecular weight excluding hydrogens is 849 g/mol. The molecule has 5 aromatic rings. The topological polar surface area (TPSA) is 105 Å². The van der Waals surface area contributed by atoms with E-state index < -0.39 is 23.9 Å². The Kier molecular flexibility index (Phi) is 22.0. The number of rotatable bonds is 30. The van der Waals surface area contributed by atoms with E-state index in [1.54, 1.807) is 36.4 Å². The van der Waals surface area contributed by atoms with Gasteiger partial charge in [0.1, 0.15) is 0 Å². The van der Waals surface area contributed by atoms with E-state index in [9.17, 15) is 19.2 Å². The second-order valence-corrected chi connectivity index (χ2v) is 16.7. The number of ether oxygens (including phenoxy) is 4. The van der Waals surface area contributed by atoms with Gasteiger partial charge in [-0.1, -0.05) is 110 Å². The molecule has 0 aromatic heterocycles. The fourth-order valence-electron chi connectivity index (χ4n) is 7.53. The van der Waals surface area contributed by atoms with Crippen LogP contribution >= 0.6 is 0 Å². The van der Waals surface area contributed by atoms with E-state index in [0.717, 1.165) is 123 Å². The average molecular weight is 915 g/mol. The van der Waals surface area contributed by atoms with E-state index in [2.05, 4.69) is 50.6 Å².